The van der Waals surface area contributed by atoms with Crippen LogP contribution in [0.2, 0.25) is 0 Å². The molecular weight excluding hydrogens is 388 g/mol. The van der Waals surface area contributed by atoms with E-state index in [-0.39, 0.29) is 24.2 Å². The molecule has 0 amide bonds. The molecule has 1 aliphatic rings. The fraction of sp³-hybridized carbons (Fsp3) is 0.630. The molecule has 1 aliphatic heterocycles. The fourth-order valence-electron chi connectivity index (χ4n) is 4.02. The van der Waals surface area contributed by atoms with Crippen LogP contribution < -0.4 is 4.74 Å². The number of allylic oxidation sites excluding steroid dienone is 3. The number of benzene rings is 1. The minimum Gasteiger partial charge on any atom is -0.504 e. The molecule has 174 valence electrons. The van der Waals surface area contributed by atoms with Crippen molar-refractivity contribution in [3.05, 3.63) is 47.1 Å². The first-order valence-corrected chi connectivity index (χ1v) is 11.9. The van der Waals surface area contributed by atoms with Crippen molar-refractivity contribution in [1.82, 2.24) is 0 Å². The molecule has 1 heterocycles. The lowest BCUT2D eigenvalue weighted by Gasteiger charge is -2.33. The van der Waals surface area contributed by atoms with Gasteiger partial charge in [0.1, 0.15) is 0 Å². The number of unbranched alkanes of at least 4 members (excludes halogenated alkanes) is 2. The summed E-state index contributed by atoms with van der Waals surface area (Å²) in [6, 6.07) is 5.54. The molecule has 0 saturated carbocycles. The molecule has 1 aromatic rings. The van der Waals surface area contributed by atoms with Gasteiger partial charge in [-0.3, -0.25) is 0 Å². The van der Waals surface area contributed by atoms with Gasteiger partial charge in [0, 0.05) is 0 Å². The summed E-state index contributed by atoms with van der Waals surface area (Å²) in [5.74, 6) is 0.693. The Labute approximate surface area is 189 Å². The summed E-state index contributed by atoms with van der Waals surface area (Å²) < 4.78 is 17.5. The Kier molecular flexibility index (Phi) is 11.2. The molecule has 4 nitrogen and oxygen atoms in total. The van der Waals surface area contributed by atoms with Gasteiger partial charge in [0.2, 0.25) is 0 Å². The lowest BCUT2D eigenvalue weighted by atomic mass is 10.0. The maximum atomic E-state index is 9.77. The smallest absolute Gasteiger partial charge is 0.177 e. The molecule has 0 spiro atoms. The van der Waals surface area contributed by atoms with Crippen molar-refractivity contribution in [3.8, 4) is 11.5 Å². The molecule has 0 radical (unpaired) electrons. The normalized spacial score (nSPS) is 22.5. The van der Waals surface area contributed by atoms with Gasteiger partial charge in [-0.2, -0.15) is 0 Å². The highest BCUT2D eigenvalue weighted by Gasteiger charge is 2.26. The molecule has 3 unspecified atom stereocenters. The Morgan fingerprint density at radius 3 is 2.71 bits per heavy atom. The van der Waals surface area contributed by atoms with Gasteiger partial charge in [-0.25, -0.2) is 0 Å². The number of aromatic hydroxyl groups is 1. The van der Waals surface area contributed by atoms with E-state index in [2.05, 4.69) is 39.8 Å². The summed E-state index contributed by atoms with van der Waals surface area (Å²) >= 11 is 0. The molecule has 1 aromatic carbocycles. The van der Waals surface area contributed by atoms with Crippen LogP contribution in [0.5, 0.6) is 11.5 Å². The molecule has 2 rings (SSSR count). The molecule has 1 fully saturated rings. The predicted octanol–water partition coefficient (Wildman–Crippen LogP) is 7.11. The monoisotopic (exact) mass is 430 g/mol. The topological polar surface area (TPSA) is 47.9 Å². The second kappa shape index (κ2) is 13.6. The minimum absolute atomic E-state index is 0.165. The largest absolute Gasteiger partial charge is 0.504 e. The van der Waals surface area contributed by atoms with Crippen LogP contribution in [-0.4, -0.2) is 30.7 Å². The summed E-state index contributed by atoms with van der Waals surface area (Å²) in [6.45, 7) is 8.79. The molecule has 1 N–H and O–H groups in total. The van der Waals surface area contributed by atoms with E-state index in [9.17, 15) is 5.11 Å². The summed E-state index contributed by atoms with van der Waals surface area (Å²) in [7, 11) is 1.57. The van der Waals surface area contributed by atoms with Crippen molar-refractivity contribution in [3.63, 3.8) is 0 Å². The molecule has 3 atom stereocenters. The van der Waals surface area contributed by atoms with Gasteiger partial charge >= 0.3 is 0 Å². The van der Waals surface area contributed by atoms with E-state index in [1.54, 1.807) is 13.2 Å². The maximum absolute atomic E-state index is 9.77. The fourth-order valence-corrected chi connectivity index (χ4v) is 4.02. The Morgan fingerprint density at radius 2 is 1.97 bits per heavy atom. The van der Waals surface area contributed by atoms with Crippen molar-refractivity contribution >= 4 is 0 Å². The van der Waals surface area contributed by atoms with Crippen LogP contribution in [0.3, 0.4) is 0 Å². The van der Waals surface area contributed by atoms with Gasteiger partial charge in [0.05, 0.1) is 19.3 Å². The summed E-state index contributed by atoms with van der Waals surface area (Å²) in [6.07, 6.45) is 14.5. The first kappa shape index (κ1) is 25.5. The van der Waals surface area contributed by atoms with E-state index >= 15 is 0 Å². The van der Waals surface area contributed by atoms with Gasteiger partial charge in [0.15, 0.2) is 17.8 Å². The molecule has 1 saturated heterocycles. The average Bonchev–Trinajstić information content (AvgIpc) is 2.73. The number of hydrogen-bond acceptors (Lipinski definition) is 4. The van der Waals surface area contributed by atoms with E-state index in [0.717, 1.165) is 37.7 Å². The van der Waals surface area contributed by atoms with Gasteiger partial charge < -0.3 is 19.3 Å². The van der Waals surface area contributed by atoms with Crippen LogP contribution in [0.4, 0.5) is 0 Å². The van der Waals surface area contributed by atoms with Crippen molar-refractivity contribution in [2.45, 2.75) is 104 Å². The molecule has 0 bridgehead atoms. The molecule has 31 heavy (non-hydrogen) atoms. The number of aryl methyl sites for hydroxylation is 1. The second-order valence-electron chi connectivity index (χ2n) is 8.91. The van der Waals surface area contributed by atoms with Gasteiger partial charge in [-0.15, -0.1) is 0 Å². The van der Waals surface area contributed by atoms with Crippen LogP contribution in [0, 0.1) is 0 Å². The second-order valence-corrected chi connectivity index (χ2v) is 8.91. The van der Waals surface area contributed by atoms with E-state index < -0.39 is 0 Å². The molecule has 0 aromatic heterocycles. The predicted molar refractivity (Wildman–Crippen MR) is 128 cm³/mol. The van der Waals surface area contributed by atoms with Crippen molar-refractivity contribution in [1.29, 1.82) is 0 Å². The van der Waals surface area contributed by atoms with E-state index in [1.165, 1.54) is 36.8 Å². The first-order valence-electron chi connectivity index (χ1n) is 11.9. The number of hydrogen-bond donors (Lipinski definition) is 1. The lowest BCUT2D eigenvalue weighted by molar-refractivity contribution is -0.216. The van der Waals surface area contributed by atoms with Gasteiger partial charge in [-0.1, -0.05) is 43.1 Å². The average molecular weight is 431 g/mol. The zero-order valence-corrected chi connectivity index (χ0v) is 20.2. The van der Waals surface area contributed by atoms with E-state index in [0.29, 0.717) is 5.75 Å². The summed E-state index contributed by atoms with van der Waals surface area (Å²) in [5.41, 5.74) is 3.96. The van der Waals surface area contributed by atoms with Crippen LogP contribution in [0.1, 0.15) is 84.6 Å². The summed E-state index contributed by atoms with van der Waals surface area (Å²) in [4.78, 5) is 0. The third-order valence-corrected chi connectivity index (χ3v) is 5.91. The van der Waals surface area contributed by atoms with Crippen LogP contribution in [-0.2, 0) is 15.9 Å². The van der Waals surface area contributed by atoms with Crippen molar-refractivity contribution in [2.24, 2.45) is 0 Å². The highest BCUT2D eigenvalue weighted by Crippen LogP contribution is 2.28. The highest BCUT2D eigenvalue weighted by molar-refractivity contribution is 5.41. The standard InChI is InChI=1S/C27H42O4/c1-6-7-8-10-20(2)11-9-12-21(3)17-27-30-22(4)18-24(31-27)15-13-23-14-16-25(28)26(19-23)29-5/h11,14,16-17,19,22,24,27-28H,6-10,12-13,15,18H2,1-5H3. The maximum Gasteiger partial charge on any atom is 0.177 e. The Morgan fingerprint density at radius 1 is 1.16 bits per heavy atom. The third kappa shape index (κ3) is 9.49. The number of ether oxygens (including phenoxy) is 3. The molecule has 4 heteroatoms. The Hall–Kier alpha value is -1.78. The van der Waals surface area contributed by atoms with Gasteiger partial charge in [-0.05, 0) is 89.5 Å². The quantitative estimate of drug-likeness (QED) is 0.284. The Bertz CT molecular complexity index is 722. The summed E-state index contributed by atoms with van der Waals surface area (Å²) in [5, 5.41) is 9.77. The molecular formula is C27H42O4. The third-order valence-electron chi connectivity index (χ3n) is 5.91. The van der Waals surface area contributed by atoms with E-state index in [4.69, 9.17) is 14.2 Å². The molecule has 0 aliphatic carbocycles. The number of phenolic OH excluding ortho intramolecular Hbond substituents is 1. The number of methoxy groups -OCH3 is 1. The van der Waals surface area contributed by atoms with Crippen molar-refractivity contribution in [2.75, 3.05) is 7.11 Å². The lowest BCUT2D eigenvalue weighted by Crippen LogP contribution is -2.36. The number of rotatable bonds is 12. The van der Waals surface area contributed by atoms with Crippen molar-refractivity contribution < 1.29 is 19.3 Å². The van der Waals surface area contributed by atoms with E-state index in [1.807, 2.05) is 12.1 Å². The zero-order chi connectivity index (χ0) is 22.6. The van der Waals surface area contributed by atoms with Crippen LogP contribution >= 0.6 is 0 Å². The first-order chi connectivity index (χ1) is 14.9. The zero-order valence-electron chi connectivity index (χ0n) is 20.2. The highest BCUT2D eigenvalue weighted by atomic mass is 16.7. The van der Waals surface area contributed by atoms with Gasteiger partial charge in [0.25, 0.3) is 0 Å². The SMILES string of the molecule is CCCCCC(C)=CCCC(C)=CC1OC(C)CC(CCc2ccc(O)c(OC)c2)O1. The Balaban J connectivity index is 1.82. The van der Waals surface area contributed by atoms with Crippen LogP contribution in [0.15, 0.2) is 41.5 Å². The number of phenols is 1. The van der Waals surface area contributed by atoms with Crippen LogP contribution in [0.25, 0.3) is 0 Å². The minimum atomic E-state index is -0.266.